The quantitative estimate of drug-likeness (QED) is 0.660. The van der Waals surface area contributed by atoms with E-state index in [2.05, 4.69) is 10.9 Å². The Morgan fingerprint density at radius 1 is 1.00 bits per heavy atom. The van der Waals surface area contributed by atoms with Crippen molar-refractivity contribution in [1.82, 2.24) is 10.9 Å². The first kappa shape index (κ1) is 14.9. The number of hydrogen-bond donors (Lipinski definition) is 2. The summed E-state index contributed by atoms with van der Waals surface area (Å²) in [6.45, 7) is 0. The van der Waals surface area contributed by atoms with Crippen LogP contribution in [-0.2, 0) is 0 Å². The second kappa shape index (κ2) is 6.03. The molecule has 1 fully saturated rings. The summed E-state index contributed by atoms with van der Waals surface area (Å²) >= 11 is 12.6. The molecule has 1 atom stereocenters. The van der Waals surface area contributed by atoms with Crippen LogP contribution in [0.4, 0.5) is 0 Å². The monoisotopic (exact) mass is 332 g/mol. The summed E-state index contributed by atoms with van der Waals surface area (Å²) in [7, 11) is 0. The van der Waals surface area contributed by atoms with E-state index in [-0.39, 0.29) is 11.8 Å². The van der Waals surface area contributed by atoms with Crippen molar-refractivity contribution >= 4 is 29.1 Å². The van der Waals surface area contributed by atoms with Crippen molar-refractivity contribution in [3.8, 4) is 0 Å². The summed E-state index contributed by atoms with van der Waals surface area (Å²) < 4.78 is -0.925. The van der Waals surface area contributed by atoms with Crippen LogP contribution in [0.1, 0.15) is 21.8 Å². The summed E-state index contributed by atoms with van der Waals surface area (Å²) in [4.78, 5) is 11.9. The number of hydrazine groups is 1. The van der Waals surface area contributed by atoms with E-state index in [9.17, 15) is 4.79 Å². The van der Waals surface area contributed by atoms with Gasteiger partial charge < -0.3 is 5.43 Å². The minimum atomic E-state index is -0.925. The first-order chi connectivity index (χ1) is 10.6. The van der Waals surface area contributed by atoms with Gasteiger partial charge in [-0.15, -0.1) is 0 Å². The smallest absolute Gasteiger partial charge is 0.269 e. The zero-order valence-corrected chi connectivity index (χ0v) is 13.1. The topological polar surface area (TPSA) is 41.1 Å². The Morgan fingerprint density at radius 3 is 2.23 bits per heavy atom. The van der Waals surface area contributed by atoms with Gasteiger partial charge in [0.2, 0.25) is 0 Å². The van der Waals surface area contributed by atoms with Gasteiger partial charge >= 0.3 is 0 Å². The fraction of sp³-hybridized carbons (Fsp3) is 0.118. The highest BCUT2D eigenvalue weighted by atomic mass is 35.5. The molecule has 5 heteroatoms. The van der Waals surface area contributed by atoms with Crippen molar-refractivity contribution in [3.63, 3.8) is 0 Å². The number of allylic oxidation sites excluding steroid dienone is 1. The molecular weight excluding hydrogens is 319 g/mol. The maximum absolute atomic E-state index is 11.9. The molecule has 2 N–H and O–H groups in total. The van der Waals surface area contributed by atoms with Crippen LogP contribution in [0.15, 0.2) is 72.4 Å². The van der Waals surface area contributed by atoms with Gasteiger partial charge in [0.15, 0.2) is 4.33 Å². The zero-order chi connectivity index (χ0) is 15.6. The van der Waals surface area contributed by atoms with Gasteiger partial charge in [0.05, 0.1) is 0 Å². The molecule has 2 aromatic carbocycles. The van der Waals surface area contributed by atoms with Crippen LogP contribution >= 0.6 is 23.2 Å². The zero-order valence-electron chi connectivity index (χ0n) is 11.6. The Labute approximate surface area is 138 Å². The summed E-state index contributed by atoms with van der Waals surface area (Å²) in [6, 6.07) is 18.7. The van der Waals surface area contributed by atoms with Gasteiger partial charge in [-0.1, -0.05) is 71.7 Å². The van der Waals surface area contributed by atoms with Gasteiger partial charge in [-0.05, 0) is 23.3 Å². The van der Waals surface area contributed by atoms with E-state index in [1.165, 1.54) is 0 Å². The standard InChI is InChI=1S/C17H14Cl2N2O/c18-17(19)14(15(17)12-7-3-1-4-8-12)11-20-21-16(22)13-9-5-2-6-10-13/h1-11,15,20H,(H,21,22). The number of carbonyl (C=O) groups is 1. The maximum Gasteiger partial charge on any atom is 0.269 e. The Morgan fingerprint density at radius 2 is 1.59 bits per heavy atom. The van der Waals surface area contributed by atoms with Gasteiger partial charge in [0.1, 0.15) is 0 Å². The highest BCUT2D eigenvalue weighted by Gasteiger charge is 2.58. The third-order valence-electron chi connectivity index (χ3n) is 3.56. The van der Waals surface area contributed by atoms with Gasteiger partial charge in [-0.3, -0.25) is 10.2 Å². The molecule has 3 rings (SSSR count). The molecule has 0 bridgehead atoms. The lowest BCUT2D eigenvalue weighted by molar-refractivity contribution is 0.0941. The van der Waals surface area contributed by atoms with E-state index in [1.807, 2.05) is 48.5 Å². The molecule has 0 spiro atoms. The summed E-state index contributed by atoms with van der Waals surface area (Å²) in [5.41, 5.74) is 7.82. The molecule has 0 radical (unpaired) electrons. The molecule has 1 amide bonds. The second-order valence-electron chi connectivity index (χ2n) is 5.03. The van der Waals surface area contributed by atoms with Gasteiger partial charge in [-0.2, -0.15) is 0 Å². The molecule has 0 aliphatic heterocycles. The lowest BCUT2D eigenvalue weighted by Gasteiger charge is -2.03. The molecule has 0 aromatic heterocycles. The van der Waals surface area contributed by atoms with Crippen LogP contribution in [0.2, 0.25) is 0 Å². The van der Waals surface area contributed by atoms with Crippen molar-refractivity contribution in [2.24, 2.45) is 0 Å². The Hall–Kier alpha value is -1.97. The van der Waals surface area contributed by atoms with Crippen LogP contribution in [0.5, 0.6) is 0 Å². The molecule has 1 saturated carbocycles. The minimum Gasteiger partial charge on any atom is -0.306 e. The third kappa shape index (κ3) is 2.96. The molecule has 1 unspecified atom stereocenters. The fourth-order valence-electron chi connectivity index (χ4n) is 2.35. The molecule has 0 saturated heterocycles. The van der Waals surface area contributed by atoms with Crippen LogP contribution in [0, 0.1) is 0 Å². The lowest BCUT2D eigenvalue weighted by atomic mass is 10.1. The number of benzene rings is 2. The van der Waals surface area contributed by atoms with E-state index < -0.39 is 4.33 Å². The van der Waals surface area contributed by atoms with Crippen molar-refractivity contribution < 1.29 is 4.79 Å². The van der Waals surface area contributed by atoms with Crippen LogP contribution in [-0.4, -0.2) is 10.2 Å². The van der Waals surface area contributed by atoms with E-state index >= 15 is 0 Å². The average Bonchev–Trinajstić information content (AvgIpc) is 3.10. The predicted octanol–water partition coefficient (Wildman–Crippen LogP) is 3.78. The first-order valence-electron chi connectivity index (χ1n) is 6.85. The van der Waals surface area contributed by atoms with Gasteiger partial charge in [0.25, 0.3) is 5.91 Å². The number of amides is 1. The number of alkyl halides is 2. The number of hydrogen-bond acceptors (Lipinski definition) is 2. The maximum atomic E-state index is 11.9. The number of rotatable bonds is 4. The normalized spacial score (nSPS) is 20.5. The molecule has 0 heterocycles. The molecule has 112 valence electrons. The largest absolute Gasteiger partial charge is 0.306 e. The highest BCUT2D eigenvalue weighted by Crippen LogP contribution is 2.64. The van der Waals surface area contributed by atoms with Gasteiger partial charge in [0, 0.05) is 17.7 Å². The van der Waals surface area contributed by atoms with Crippen LogP contribution in [0.25, 0.3) is 0 Å². The van der Waals surface area contributed by atoms with Crippen molar-refractivity contribution in [1.29, 1.82) is 0 Å². The lowest BCUT2D eigenvalue weighted by Crippen LogP contribution is -2.33. The van der Waals surface area contributed by atoms with E-state index in [4.69, 9.17) is 23.2 Å². The second-order valence-corrected chi connectivity index (χ2v) is 6.42. The Bertz CT molecular complexity index is 699. The van der Waals surface area contributed by atoms with Crippen LogP contribution in [0.3, 0.4) is 0 Å². The molecule has 1 aliphatic carbocycles. The molecule has 22 heavy (non-hydrogen) atoms. The molecular formula is C17H14Cl2N2O. The van der Waals surface area contributed by atoms with E-state index in [0.717, 1.165) is 11.1 Å². The molecule has 3 nitrogen and oxygen atoms in total. The van der Waals surface area contributed by atoms with Crippen molar-refractivity contribution in [3.05, 3.63) is 83.6 Å². The van der Waals surface area contributed by atoms with Crippen molar-refractivity contribution in [2.45, 2.75) is 10.3 Å². The SMILES string of the molecule is O=C(NNC=C1C(c2ccccc2)C1(Cl)Cl)c1ccccc1. The van der Waals surface area contributed by atoms with E-state index in [1.54, 1.807) is 18.3 Å². The van der Waals surface area contributed by atoms with Crippen LogP contribution < -0.4 is 10.9 Å². The Kier molecular flexibility index (Phi) is 4.10. The average molecular weight is 333 g/mol. The fourth-order valence-corrected chi connectivity index (χ4v) is 3.06. The van der Waals surface area contributed by atoms with Gasteiger partial charge in [-0.25, -0.2) is 0 Å². The summed E-state index contributed by atoms with van der Waals surface area (Å²) in [5, 5.41) is 0. The highest BCUT2D eigenvalue weighted by molar-refractivity contribution is 6.55. The first-order valence-corrected chi connectivity index (χ1v) is 7.60. The number of halogens is 2. The van der Waals surface area contributed by atoms with E-state index in [0.29, 0.717) is 5.56 Å². The molecule has 1 aliphatic rings. The Balaban J connectivity index is 1.63. The third-order valence-corrected chi connectivity index (χ3v) is 4.43. The number of nitrogens with one attached hydrogen (secondary N) is 2. The molecule has 2 aromatic rings. The minimum absolute atomic E-state index is 0.0573. The predicted molar refractivity (Wildman–Crippen MR) is 88.7 cm³/mol. The number of carbonyl (C=O) groups excluding carboxylic acids is 1. The summed E-state index contributed by atoms with van der Waals surface area (Å²) in [5.74, 6) is -0.276. The summed E-state index contributed by atoms with van der Waals surface area (Å²) in [6.07, 6.45) is 1.65. The van der Waals surface area contributed by atoms with Crippen molar-refractivity contribution in [2.75, 3.05) is 0 Å².